The van der Waals surface area contributed by atoms with Crippen LogP contribution in [0.5, 0.6) is 5.75 Å². The zero-order valence-electron chi connectivity index (χ0n) is 10.0. The molecule has 98 valence electrons. The lowest BCUT2D eigenvalue weighted by atomic mass is 10.1. The van der Waals surface area contributed by atoms with E-state index in [9.17, 15) is 9.90 Å². The molecule has 1 rings (SSSR count). The SMILES string of the molecule is CCCN(CC(N)=S)C(=O)c1ccc(Br)cc1O. The predicted molar refractivity (Wildman–Crippen MR) is 78.8 cm³/mol. The fourth-order valence-corrected chi connectivity index (χ4v) is 2.07. The molecule has 1 aromatic carbocycles. The molecule has 0 fully saturated rings. The van der Waals surface area contributed by atoms with Crippen LogP contribution in [0.1, 0.15) is 23.7 Å². The van der Waals surface area contributed by atoms with Crippen LogP contribution in [0.3, 0.4) is 0 Å². The summed E-state index contributed by atoms with van der Waals surface area (Å²) >= 11 is 8.05. The fraction of sp³-hybridized carbons (Fsp3) is 0.333. The summed E-state index contributed by atoms with van der Waals surface area (Å²) in [6, 6.07) is 4.76. The van der Waals surface area contributed by atoms with Crippen molar-refractivity contribution in [2.75, 3.05) is 13.1 Å². The molecule has 1 aromatic rings. The molecule has 18 heavy (non-hydrogen) atoms. The third-order valence-corrected chi connectivity index (χ3v) is 2.94. The summed E-state index contributed by atoms with van der Waals surface area (Å²) in [5.41, 5.74) is 5.72. The second-order valence-corrected chi connectivity index (χ2v) is 5.29. The molecular formula is C12H15BrN2O2S. The van der Waals surface area contributed by atoms with Crippen LogP contribution < -0.4 is 5.73 Å². The van der Waals surface area contributed by atoms with Gasteiger partial charge >= 0.3 is 0 Å². The Morgan fingerprint density at radius 1 is 1.56 bits per heavy atom. The van der Waals surface area contributed by atoms with Gasteiger partial charge in [0.05, 0.1) is 17.1 Å². The van der Waals surface area contributed by atoms with Gasteiger partial charge in [-0.2, -0.15) is 0 Å². The summed E-state index contributed by atoms with van der Waals surface area (Å²) in [5.74, 6) is -0.326. The van der Waals surface area contributed by atoms with Crippen LogP contribution in [0, 0.1) is 0 Å². The molecule has 0 aliphatic carbocycles. The molecule has 0 heterocycles. The van der Waals surface area contributed by atoms with Gasteiger partial charge in [0.2, 0.25) is 0 Å². The van der Waals surface area contributed by atoms with Crippen LogP contribution in [-0.4, -0.2) is 34.0 Å². The van der Waals surface area contributed by atoms with E-state index < -0.39 is 0 Å². The minimum atomic E-state index is -0.269. The standard InChI is InChI=1S/C12H15BrN2O2S/c1-2-5-15(7-11(14)18)12(17)9-4-3-8(13)6-10(9)16/h3-4,6,16H,2,5,7H2,1H3,(H2,14,18). The van der Waals surface area contributed by atoms with Gasteiger partial charge in [-0.3, -0.25) is 4.79 Å². The van der Waals surface area contributed by atoms with Crippen LogP contribution >= 0.6 is 28.1 Å². The molecule has 0 saturated heterocycles. The molecule has 0 bridgehead atoms. The second kappa shape index (κ2) is 6.70. The van der Waals surface area contributed by atoms with Crippen LogP contribution in [0.4, 0.5) is 0 Å². The summed E-state index contributed by atoms with van der Waals surface area (Å²) in [5, 5.41) is 9.77. The van der Waals surface area contributed by atoms with E-state index in [2.05, 4.69) is 15.9 Å². The summed E-state index contributed by atoms with van der Waals surface area (Å²) in [4.78, 5) is 14.0. The highest BCUT2D eigenvalue weighted by Crippen LogP contribution is 2.23. The van der Waals surface area contributed by atoms with Gasteiger partial charge in [0.1, 0.15) is 5.75 Å². The number of hydrogen-bond donors (Lipinski definition) is 2. The minimum absolute atomic E-state index is 0.0570. The molecule has 0 radical (unpaired) electrons. The molecule has 0 unspecified atom stereocenters. The van der Waals surface area contributed by atoms with Crippen molar-refractivity contribution in [1.29, 1.82) is 0 Å². The number of carbonyl (C=O) groups excluding carboxylic acids is 1. The third-order valence-electron chi connectivity index (χ3n) is 2.32. The molecule has 3 N–H and O–H groups in total. The molecule has 0 saturated carbocycles. The van der Waals surface area contributed by atoms with Crippen LogP contribution in [-0.2, 0) is 0 Å². The molecule has 0 aliphatic heterocycles. The molecule has 0 aliphatic rings. The number of phenolic OH excluding ortho intramolecular Hbond substituents is 1. The second-order valence-electron chi connectivity index (χ2n) is 3.85. The van der Waals surface area contributed by atoms with Gasteiger partial charge in [0, 0.05) is 11.0 Å². The monoisotopic (exact) mass is 330 g/mol. The number of phenols is 1. The first-order chi connectivity index (χ1) is 8.45. The number of halogens is 1. The number of nitrogens with zero attached hydrogens (tertiary/aromatic N) is 1. The maximum absolute atomic E-state index is 12.2. The molecule has 0 aromatic heterocycles. The van der Waals surface area contributed by atoms with E-state index in [0.29, 0.717) is 11.0 Å². The van der Waals surface area contributed by atoms with Crippen molar-refractivity contribution in [3.05, 3.63) is 28.2 Å². The highest BCUT2D eigenvalue weighted by Gasteiger charge is 2.18. The van der Waals surface area contributed by atoms with E-state index in [1.165, 1.54) is 11.0 Å². The lowest BCUT2D eigenvalue weighted by molar-refractivity contribution is 0.0777. The molecular weight excluding hydrogens is 316 g/mol. The normalized spacial score (nSPS) is 10.1. The van der Waals surface area contributed by atoms with Crippen molar-refractivity contribution >= 4 is 39.0 Å². The number of benzene rings is 1. The van der Waals surface area contributed by atoms with E-state index in [4.69, 9.17) is 18.0 Å². The molecule has 6 heteroatoms. The van der Waals surface area contributed by atoms with Crippen molar-refractivity contribution in [2.45, 2.75) is 13.3 Å². The molecule has 4 nitrogen and oxygen atoms in total. The van der Waals surface area contributed by atoms with Crippen molar-refractivity contribution in [3.63, 3.8) is 0 Å². The van der Waals surface area contributed by atoms with E-state index in [1.54, 1.807) is 12.1 Å². The fourth-order valence-electron chi connectivity index (χ4n) is 1.57. The Labute approximate surface area is 120 Å². The number of amides is 1. The maximum Gasteiger partial charge on any atom is 0.257 e. The van der Waals surface area contributed by atoms with Gasteiger partial charge in [-0.25, -0.2) is 0 Å². The number of nitrogens with two attached hydrogens (primary N) is 1. The Kier molecular flexibility index (Phi) is 5.55. The van der Waals surface area contributed by atoms with Crippen molar-refractivity contribution < 1.29 is 9.90 Å². The average Bonchev–Trinajstić information content (AvgIpc) is 2.27. The first kappa shape index (κ1) is 14.9. The lowest BCUT2D eigenvalue weighted by Crippen LogP contribution is -2.38. The predicted octanol–water partition coefficient (Wildman–Crippen LogP) is 2.29. The average molecular weight is 331 g/mol. The minimum Gasteiger partial charge on any atom is -0.507 e. The number of thiocarbonyl (C=S) groups is 1. The smallest absolute Gasteiger partial charge is 0.257 e. The van der Waals surface area contributed by atoms with E-state index >= 15 is 0 Å². The first-order valence-corrected chi connectivity index (χ1v) is 6.72. The highest BCUT2D eigenvalue weighted by atomic mass is 79.9. The summed E-state index contributed by atoms with van der Waals surface area (Å²) in [7, 11) is 0. The quantitative estimate of drug-likeness (QED) is 0.813. The Bertz CT molecular complexity index is 465. The molecule has 1 amide bonds. The lowest BCUT2D eigenvalue weighted by Gasteiger charge is -2.21. The topological polar surface area (TPSA) is 66.6 Å². The molecule has 0 atom stereocenters. The Balaban J connectivity index is 2.97. The zero-order chi connectivity index (χ0) is 13.7. The Morgan fingerprint density at radius 3 is 2.72 bits per heavy atom. The van der Waals surface area contributed by atoms with Crippen LogP contribution in [0.2, 0.25) is 0 Å². The number of hydrogen-bond acceptors (Lipinski definition) is 3. The highest BCUT2D eigenvalue weighted by molar-refractivity contribution is 9.10. The van der Waals surface area contributed by atoms with Gasteiger partial charge in [-0.05, 0) is 24.6 Å². The van der Waals surface area contributed by atoms with Gasteiger partial charge in [-0.15, -0.1) is 0 Å². The van der Waals surface area contributed by atoms with E-state index in [-0.39, 0.29) is 28.8 Å². The first-order valence-electron chi connectivity index (χ1n) is 5.51. The summed E-state index contributed by atoms with van der Waals surface area (Å²) < 4.78 is 0.716. The number of aromatic hydroxyl groups is 1. The van der Waals surface area contributed by atoms with Crippen LogP contribution in [0.25, 0.3) is 0 Å². The van der Waals surface area contributed by atoms with Gasteiger partial charge < -0.3 is 15.7 Å². The van der Waals surface area contributed by atoms with E-state index in [1.807, 2.05) is 6.92 Å². The number of rotatable bonds is 5. The summed E-state index contributed by atoms with van der Waals surface area (Å²) in [6.45, 7) is 2.73. The zero-order valence-corrected chi connectivity index (χ0v) is 12.4. The maximum atomic E-state index is 12.2. The Morgan fingerprint density at radius 2 is 2.22 bits per heavy atom. The largest absolute Gasteiger partial charge is 0.507 e. The van der Waals surface area contributed by atoms with Gasteiger partial charge in [0.25, 0.3) is 5.91 Å². The van der Waals surface area contributed by atoms with Crippen molar-refractivity contribution in [1.82, 2.24) is 4.90 Å². The Hall–Kier alpha value is -1.14. The van der Waals surface area contributed by atoms with E-state index in [0.717, 1.165) is 6.42 Å². The molecule has 0 spiro atoms. The third kappa shape index (κ3) is 3.96. The van der Waals surface area contributed by atoms with Crippen molar-refractivity contribution in [3.8, 4) is 5.75 Å². The number of carbonyl (C=O) groups is 1. The van der Waals surface area contributed by atoms with Crippen LogP contribution in [0.15, 0.2) is 22.7 Å². The summed E-state index contributed by atoms with van der Waals surface area (Å²) in [6.07, 6.45) is 0.797. The van der Waals surface area contributed by atoms with Gasteiger partial charge in [-0.1, -0.05) is 35.1 Å². The van der Waals surface area contributed by atoms with Gasteiger partial charge in [0.15, 0.2) is 0 Å². The van der Waals surface area contributed by atoms with Crippen molar-refractivity contribution in [2.24, 2.45) is 5.73 Å².